The summed E-state index contributed by atoms with van der Waals surface area (Å²) in [5.74, 6) is 2.35. The Labute approximate surface area is 343 Å². The Morgan fingerprint density at radius 2 is 1.21 bits per heavy atom. The fraction of sp³-hybridized carbons (Fsp3) is 0.918. The van der Waals surface area contributed by atoms with Crippen molar-refractivity contribution in [2.24, 2.45) is 28.6 Å². The van der Waals surface area contributed by atoms with E-state index in [4.69, 9.17) is 24.1 Å². The maximum Gasteiger partial charge on any atom is 0.306 e. The van der Waals surface area contributed by atoms with Gasteiger partial charge in [0.15, 0.2) is 6.29 Å². The molecular weight excluding hydrogens is 701 g/mol. The van der Waals surface area contributed by atoms with Crippen LogP contribution in [0.1, 0.15) is 219 Å². The first kappa shape index (κ1) is 47.2. The highest BCUT2D eigenvalue weighted by atomic mass is 16.7. The molecule has 0 spiro atoms. The first-order valence-corrected chi connectivity index (χ1v) is 24.2. The molecule has 56 heavy (non-hydrogen) atoms. The van der Waals surface area contributed by atoms with Gasteiger partial charge < -0.3 is 24.1 Å². The normalized spacial score (nSPS) is 25.7. The summed E-state index contributed by atoms with van der Waals surface area (Å²) in [6.07, 6.45) is 37.2. The third-order valence-corrected chi connectivity index (χ3v) is 14.2. The van der Waals surface area contributed by atoms with E-state index in [-0.39, 0.29) is 35.7 Å². The molecule has 1 unspecified atom stereocenters. The second kappa shape index (κ2) is 27.3. The number of esters is 2. The molecule has 0 aliphatic heterocycles. The molecule has 1 atom stereocenters. The number of ether oxygens (including phenoxy) is 4. The molecule has 0 amide bonds. The lowest BCUT2D eigenvalue weighted by Crippen LogP contribution is -2.47. The van der Waals surface area contributed by atoms with E-state index in [2.05, 4.69) is 19.9 Å². The highest BCUT2D eigenvalue weighted by molar-refractivity contribution is 5.70. The van der Waals surface area contributed by atoms with Crippen molar-refractivity contribution < 1.29 is 33.6 Å². The molecule has 5 aliphatic rings. The van der Waals surface area contributed by atoms with Crippen molar-refractivity contribution in [3.05, 3.63) is 11.6 Å². The van der Waals surface area contributed by atoms with Crippen LogP contribution in [0.2, 0.25) is 0 Å². The molecule has 4 bridgehead atoms. The van der Waals surface area contributed by atoms with Crippen LogP contribution in [0.25, 0.3) is 0 Å². The zero-order valence-corrected chi connectivity index (χ0v) is 36.4. The first-order valence-electron chi connectivity index (χ1n) is 24.2. The van der Waals surface area contributed by atoms with Crippen LogP contribution in [0.5, 0.6) is 0 Å². The van der Waals surface area contributed by atoms with E-state index >= 15 is 0 Å². The summed E-state index contributed by atoms with van der Waals surface area (Å²) in [6.45, 7) is 6.99. The summed E-state index contributed by atoms with van der Waals surface area (Å²) >= 11 is 0. The Bertz CT molecular complexity index is 1050. The number of carbonyl (C=O) groups is 2. The van der Waals surface area contributed by atoms with E-state index in [1.165, 1.54) is 109 Å². The van der Waals surface area contributed by atoms with Gasteiger partial charge in [-0.3, -0.25) is 9.59 Å². The molecule has 7 heteroatoms. The average Bonchev–Trinajstić information content (AvgIpc) is 3.37. The minimum absolute atomic E-state index is 0.0100. The number of carbonyl (C=O) groups excluding carboxylic acids is 2. The largest absolute Gasteiger partial charge is 0.466 e. The standard InChI is InChI=1S/C49H86O7/c1-3-5-7-9-13-17-30-55-47(56-31-18-14-10-8-6-4-2)23-22-45(51)53-32-27-48(25-19-21-41(24-26-48)20-15-11-12-16-29-50)28-33-54-46(52)40-49-37-42-34-43(38-49)36-44(35-42)39-49/h21,42-44,47,50H,3-20,22-40H2,1-2H3. The molecular formula is C49H86O7. The third kappa shape index (κ3) is 18.2. The number of unbranched alkanes of at least 4 members (excludes halogenated alkanes) is 13. The van der Waals surface area contributed by atoms with Gasteiger partial charge >= 0.3 is 11.9 Å². The molecule has 4 saturated carbocycles. The van der Waals surface area contributed by atoms with Gasteiger partial charge in [0, 0.05) is 26.2 Å². The van der Waals surface area contributed by atoms with Crippen LogP contribution in [0.4, 0.5) is 0 Å². The smallest absolute Gasteiger partial charge is 0.306 e. The predicted molar refractivity (Wildman–Crippen MR) is 227 cm³/mol. The van der Waals surface area contributed by atoms with Crippen molar-refractivity contribution in [3.8, 4) is 0 Å². The first-order chi connectivity index (χ1) is 27.4. The summed E-state index contributed by atoms with van der Waals surface area (Å²) in [6, 6.07) is 0. The maximum absolute atomic E-state index is 13.4. The minimum Gasteiger partial charge on any atom is -0.466 e. The zero-order valence-electron chi connectivity index (χ0n) is 36.4. The second-order valence-electron chi connectivity index (χ2n) is 19.1. The second-order valence-corrected chi connectivity index (χ2v) is 19.1. The van der Waals surface area contributed by atoms with Gasteiger partial charge in [0.1, 0.15) is 0 Å². The molecule has 0 aromatic heterocycles. The summed E-state index contributed by atoms with van der Waals surface area (Å²) in [7, 11) is 0. The number of aliphatic hydroxyl groups excluding tert-OH is 1. The van der Waals surface area contributed by atoms with Gasteiger partial charge in [0.25, 0.3) is 0 Å². The lowest BCUT2D eigenvalue weighted by atomic mass is 9.49. The van der Waals surface area contributed by atoms with Crippen LogP contribution in [0, 0.1) is 28.6 Å². The summed E-state index contributed by atoms with van der Waals surface area (Å²) in [4.78, 5) is 26.5. The molecule has 4 fully saturated rings. The zero-order chi connectivity index (χ0) is 39.7. The molecule has 5 aliphatic carbocycles. The fourth-order valence-corrected chi connectivity index (χ4v) is 11.2. The van der Waals surface area contributed by atoms with Crippen molar-refractivity contribution in [1.82, 2.24) is 0 Å². The number of hydrogen-bond acceptors (Lipinski definition) is 7. The topological polar surface area (TPSA) is 91.3 Å². The van der Waals surface area contributed by atoms with E-state index in [1.807, 2.05) is 0 Å². The molecule has 7 nitrogen and oxygen atoms in total. The van der Waals surface area contributed by atoms with Gasteiger partial charge in [0.2, 0.25) is 0 Å². The molecule has 324 valence electrons. The van der Waals surface area contributed by atoms with E-state index in [9.17, 15) is 9.59 Å². The van der Waals surface area contributed by atoms with Gasteiger partial charge in [-0.2, -0.15) is 0 Å². The molecule has 0 aromatic rings. The number of aliphatic hydroxyl groups is 1. The highest BCUT2D eigenvalue weighted by Crippen LogP contribution is 2.61. The summed E-state index contributed by atoms with van der Waals surface area (Å²) in [5, 5.41) is 9.16. The molecule has 0 saturated heterocycles. The molecule has 1 N–H and O–H groups in total. The van der Waals surface area contributed by atoms with Crippen LogP contribution in [0.15, 0.2) is 11.6 Å². The Morgan fingerprint density at radius 3 is 1.80 bits per heavy atom. The predicted octanol–water partition coefficient (Wildman–Crippen LogP) is 12.7. The number of rotatable bonds is 33. The Hall–Kier alpha value is -1.44. The van der Waals surface area contributed by atoms with Gasteiger partial charge in [-0.1, -0.05) is 103 Å². The fourth-order valence-electron chi connectivity index (χ4n) is 11.2. The Kier molecular flexibility index (Phi) is 23.1. The van der Waals surface area contributed by atoms with Crippen molar-refractivity contribution >= 4 is 11.9 Å². The van der Waals surface area contributed by atoms with E-state index in [1.54, 1.807) is 5.57 Å². The van der Waals surface area contributed by atoms with Crippen molar-refractivity contribution in [2.45, 2.75) is 226 Å². The lowest BCUT2D eigenvalue weighted by molar-refractivity contribution is -0.160. The number of allylic oxidation sites excluding steroid dienone is 2. The van der Waals surface area contributed by atoms with Crippen LogP contribution in [0.3, 0.4) is 0 Å². The van der Waals surface area contributed by atoms with Gasteiger partial charge in [-0.05, 0) is 138 Å². The summed E-state index contributed by atoms with van der Waals surface area (Å²) in [5.41, 5.74) is 1.73. The van der Waals surface area contributed by atoms with E-state index in [0.717, 1.165) is 94.8 Å². The van der Waals surface area contributed by atoms with Crippen LogP contribution >= 0.6 is 0 Å². The third-order valence-electron chi connectivity index (χ3n) is 14.2. The minimum atomic E-state index is -0.358. The van der Waals surface area contributed by atoms with Crippen molar-refractivity contribution in [3.63, 3.8) is 0 Å². The monoisotopic (exact) mass is 787 g/mol. The quantitative estimate of drug-likeness (QED) is 0.0306. The molecule has 5 rings (SSSR count). The molecule has 0 radical (unpaired) electrons. The average molecular weight is 787 g/mol. The van der Waals surface area contributed by atoms with E-state index in [0.29, 0.717) is 45.7 Å². The van der Waals surface area contributed by atoms with Crippen LogP contribution in [-0.4, -0.2) is 56.4 Å². The Balaban J connectivity index is 1.23. The maximum atomic E-state index is 13.4. The van der Waals surface area contributed by atoms with Crippen molar-refractivity contribution in [1.29, 1.82) is 0 Å². The molecule has 0 heterocycles. The van der Waals surface area contributed by atoms with Crippen LogP contribution < -0.4 is 0 Å². The van der Waals surface area contributed by atoms with Gasteiger partial charge in [-0.25, -0.2) is 0 Å². The van der Waals surface area contributed by atoms with Gasteiger partial charge in [-0.15, -0.1) is 0 Å². The summed E-state index contributed by atoms with van der Waals surface area (Å²) < 4.78 is 24.4. The SMILES string of the molecule is CCCCCCCCOC(CCC(=O)OCCC1(CCOC(=O)CC23CC4CC(CC(C4)C2)C3)CCC=C(CCCCCCO)CC1)OCCCCCCCC. The molecule has 0 aromatic carbocycles. The Morgan fingerprint density at radius 1 is 0.679 bits per heavy atom. The number of hydrogen-bond donors (Lipinski definition) is 1. The lowest BCUT2D eigenvalue weighted by Gasteiger charge is -2.56. The van der Waals surface area contributed by atoms with Crippen molar-refractivity contribution in [2.75, 3.05) is 33.0 Å². The van der Waals surface area contributed by atoms with E-state index < -0.39 is 0 Å². The van der Waals surface area contributed by atoms with Gasteiger partial charge in [0.05, 0.1) is 26.1 Å². The highest BCUT2D eigenvalue weighted by Gasteiger charge is 2.51. The van der Waals surface area contributed by atoms with Crippen LogP contribution in [-0.2, 0) is 28.5 Å².